The first-order valence-corrected chi connectivity index (χ1v) is 5.38. The van der Waals surface area contributed by atoms with Gasteiger partial charge >= 0.3 is 6.09 Å². The summed E-state index contributed by atoms with van der Waals surface area (Å²) in [7, 11) is 0. The van der Waals surface area contributed by atoms with Gasteiger partial charge in [-0.3, -0.25) is 4.79 Å². The molecule has 0 radical (unpaired) electrons. The normalized spacial score (nSPS) is 9.47. The first-order valence-electron chi connectivity index (χ1n) is 5.38. The van der Waals surface area contributed by atoms with Crippen LogP contribution in [0.25, 0.3) is 0 Å². The largest absolute Gasteiger partial charge is 0.450 e. The molecule has 0 rings (SSSR count). The van der Waals surface area contributed by atoms with Crippen molar-refractivity contribution >= 4 is 12.0 Å². The summed E-state index contributed by atoms with van der Waals surface area (Å²) in [6.07, 6.45) is 2.64. The SMILES string of the molecule is CCCCCNC(=O)CNC(=O)OCC. The third kappa shape index (κ3) is 9.05. The Hall–Kier alpha value is -1.26. The number of rotatable bonds is 7. The Morgan fingerprint density at radius 1 is 1.13 bits per heavy atom. The van der Waals surface area contributed by atoms with Gasteiger partial charge < -0.3 is 15.4 Å². The van der Waals surface area contributed by atoms with Crippen LogP contribution in [-0.2, 0) is 9.53 Å². The van der Waals surface area contributed by atoms with E-state index in [1.807, 2.05) is 0 Å². The summed E-state index contributed by atoms with van der Waals surface area (Å²) in [6.45, 7) is 4.76. The zero-order valence-electron chi connectivity index (χ0n) is 9.47. The third-order valence-electron chi connectivity index (χ3n) is 1.77. The molecule has 0 aromatic heterocycles. The van der Waals surface area contributed by atoms with Gasteiger partial charge in [0.2, 0.25) is 5.91 Å². The van der Waals surface area contributed by atoms with Crippen molar-refractivity contribution in [2.75, 3.05) is 19.7 Å². The summed E-state index contributed by atoms with van der Waals surface area (Å²) in [5.41, 5.74) is 0. The minimum atomic E-state index is -0.554. The number of nitrogens with one attached hydrogen (secondary N) is 2. The molecule has 0 aliphatic rings. The van der Waals surface area contributed by atoms with E-state index in [1.54, 1.807) is 6.92 Å². The first kappa shape index (κ1) is 13.7. The maximum atomic E-state index is 11.1. The van der Waals surface area contributed by atoms with Gasteiger partial charge in [0.05, 0.1) is 13.2 Å². The van der Waals surface area contributed by atoms with Gasteiger partial charge in [-0.1, -0.05) is 19.8 Å². The third-order valence-corrected chi connectivity index (χ3v) is 1.77. The number of amides is 2. The molecule has 88 valence electrons. The molecule has 0 atom stereocenters. The van der Waals surface area contributed by atoms with Gasteiger partial charge in [0.25, 0.3) is 0 Å². The number of alkyl carbamates (subject to hydrolysis) is 1. The highest BCUT2D eigenvalue weighted by Crippen LogP contribution is 1.90. The lowest BCUT2D eigenvalue weighted by Crippen LogP contribution is -2.37. The number of carbonyl (C=O) groups excluding carboxylic acids is 2. The van der Waals surface area contributed by atoms with Crippen LogP contribution in [0.1, 0.15) is 33.1 Å². The highest BCUT2D eigenvalue weighted by molar-refractivity contribution is 5.81. The van der Waals surface area contributed by atoms with Crippen LogP contribution in [0.15, 0.2) is 0 Å². The lowest BCUT2D eigenvalue weighted by molar-refractivity contribution is -0.120. The second-order valence-electron chi connectivity index (χ2n) is 3.13. The summed E-state index contributed by atoms with van der Waals surface area (Å²) in [6, 6.07) is 0. The predicted molar refractivity (Wildman–Crippen MR) is 57.6 cm³/mol. The maximum Gasteiger partial charge on any atom is 0.407 e. The van der Waals surface area contributed by atoms with Crippen molar-refractivity contribution in [2.45, 2.75) is 33.1 Å². The first-order chi connectivity index (χ1) is 7.20. The number of hydrogen-bond donors (Lipinski definition) is 2. The van der Waals surface area contributed by atoms with E-state index >= 15 is 0 Å². The second-order valence-corrected chi connectivity index (χ2v) is 3.13. The van der Waals surface area contributed by atoms with Crippen LogP contribution >= 0.6 is 0 Å². The van der Waals surface area contributed by atoms with Crippen LogP contribution in [0, 0.1) is 0 Å². The van der Waals surface area contributed by atoms with Gasteiger partial charge in [-0.2, -0.15) is 0 Å². The Morgan fingerprint density at radius 3 is 2.47 bits per heavy atom. The fourth-order valence-electron chi connectivity index (χ4n) is 1.000. The molecule has 0 aromatic rings. The van der Waals surface area contributed by atoms with Crippen LogP contribution < -0.4 is 10.6 Å². The molecule has 5 nitrogen and oxygen atoms in total. The Kier molecular flexibility index (Phi) is 8.52. The summed E-state index contributed by atoms with van der Waals surface area (Å²) in [5, 5.41) is 5.06. The quantitative estimate of drug-likeness (QED) is 0.625. The Morgan fingerprint density at radius 2 is 1.87 bits per heavy atom. The summed E-state index contributed by atoms with van der Waals surface area (Å²) < 4.78 is 4.61. The Labute approximate surface area is 90.6 Å². The van der Waals surface area contributed by atoms with Crippen LogP contribution in [0.3, 0.4) is 0 Å². The number of unbranched alkanes of at least 4 members (excludes halogenated alkanes) is 2. The lowest BCUT2D eigenvalue weighted by Gasteiger charge is -2.06. The molecule has 2 N–H and O–H groups in total. The minimum Gasteiger partial charge on any atom is -0.450 e. The Bertz CT molecular complexity index is 195. The van der Waals surface area contributed by atoms with Gasteiger partial charge in [0.15, 0.2) is 0 Å². The highest BCUT2D eigenvalue weighted by Gasteiger charge is 2.04. The van der Waals surface area contributed by atoms with E-state index in [0.717, 1.165) is 19.3 Å². The second kappa shape index (κ2) is 9.30. The standard InChI is InChI=1S/C10H20N2O3/c1-3-5-6-7-11-9(13)8-12-10(14)15-4-2/h3-8H2,1-2H3,(H,11,13)(H,12,14). The number of hydrogen-bond acceptors (Lipinski definition) is 3. The van der Waals surface area contributed by atoms with E-state index in [1.165, 1.54) is 0 Å². The predicted octanol–water partition coefficient (Wildman–Crippen LogP) is 1.04. The van der Waals surface area contributed by atoms with Crippen molar-refractivity contribution in [3.05, 3.63) is 0 Å². The number of carbonyl (C=O) groups is 2. The molecule has 0 spiro atoms. The molecule has 0 saturated heterocycles. The fourth-order valence-corrected chi connectivity index (χ4v) is 1.000. The van der Waals surface area contributed by atoms with E-state index in [0.29, 0.717) is 13.2 Å². The van der Waals surface area contributed by atoms with Crippen molar-refractivity contribution in [1.82, 2.24) is 10.6 Å². The molecule has 0 unspecified atom stereocenters. The smallest absolute Gasteiger partial charge is 0.407 e. The molecule has 5 heteroatoms. The van der Waals surface area contributed by atoms with Gasteiger partial charge in [0, 0.05) is 6.54 Å². The molecular formula is C10H20N2O3. The average molecular weight is 216 g/mol. The topological polar surface area (TPSA) is 67.4 Å². The lowest BCUT2D eigenvalue weighted by atomic mass is 10.2. The summed E-state index contributed by atoms with van der Waals surface area (Å²) in [5.74, 6) is -0.181. The molecule has 0 fully saturated rings. The zero-order chi connectivity index (χ0) is 11.5. The summed E-state index contributed by atoms with van der Waals surface area (Å²) >= 11 is 0. The molecule has 0 aromatic carbocycles. The van der Waals surface area contributed by atoms with E-state index < -0.39 is 6.09 Å². The monoisotopic (exact) mass is 216 g/mol. The molecule has 0 bridgehead atoms. The molecule has 0 aliphatic heterocycles. The minimum absolute atomic E-state index is 0.0229. The van der Waals surface area contributed by atoms with E-state index in [-0.39, 0.29) is 12.5 Å². The summed E-state index contributed by atoms with van der Waals surface area (Å²) in [4.78, 5) is 21.9. The van der Waals surface area contributed by atoms with Crippen LogP contribution in [0.4, 0.5) is 4.79 Å². The van der Waals surface area contributed by atoms with Gasteiger partial charge in [0.1, 0.15) is 0 Å². The molecule has 0 aliphatic carbocycles. The van der Waals surface area contributed by atoms with Crippen LogP contribution in [0.5, 0.6) is 0 Å². The molecular weight excluding hydrogens is 196 g/mol. The van der Waals surface area contributed by atoms with Crippen molar-refractivity contribution < 1.29 is 14.3 Å². The van der Waals surface area contributed by atoms with Crippen molar-refractivity contribution in [3.63, 3.8) is 0 Å². The Balaban J connectivity index is 3.36. The number of ether oxygens (including phenoxy) is 1. The molecule has 2 amide bonds. The fraction of sp³-hybridized carbons (Fsp3) is 0.800. The van der Waals surface area contributed by atoms with Crippen LogP contribution in [0.2, 0.25) is 0 Å². The van der Waals surface area contributed by atoms with Gasteiger partial charge in [-0.15, -0.1) is 0 Å². The zero-order valence-corrected chi connectivity index (χ0v) is 9.47. The van der Waals surface area contributed by atoms with E-state index in [2.05, 4.69) is 22.3 Å². The molecule has 0 heterocycles. The van der Waals surface area contributed by atoms with E-state index in [9.17, 15) is 9.59 Å². The van der Waals surface area contributed by atoms with Crippen molar-refractivity contribution in [2.24, 2.45) is 0 Å². The van der Waals surface area contributed by atoms with E-state index in [4.69, 9.17) is 0 Å². The maximum absolute atomic E-state index is 11.1. The highest BCUT2D eigenvalue weighted by atomic mass is 16.5. The van der Waals surface area contributed by atoms with Crippen molar-refractivity contribution in [3.8, 4) is 0 Å². The van der Waals surface area contributed by atoms with Crippen LogP contribution in [-0.4, -0.2) is 31.7 Å². The average Bonchev–Trinajstić information content (AvgIpc) is 2.22. The van der Waals surface area contributed by atoms with Gasteiger partial charge in [-0.05, 0) is 13.3 Å². The molecule has 15 heavy (non-hydrogen) atoms. The van der Waals surface area contributed by atoms with Gasteiger partial charge in [-0.25, -0.2) is 4.79 Å². The van der Waals surface area contributed by atoms with Crippen molar-refractivity contribution in [1.29, 1.82) is 0 Å². The molecule has 0 saturated carbocycles.